The van der Waals surface area contributed by atoms with Crippen LogP contribution in [-0.2, 0) is 21.2 Å². The smallest absolute Gasteiger partial charge is 0.325 e. The van der Waals surface area contributed by atoms with E-state index in [2.05, 4.69) is 9.71 Å². The van der Waals surface area contributed by atoms with E-state index in [4.69, 9.17) is 0 Å². The standard InChI is InChI=1S/C20H20N2O5S/c1-2-20(19(24)25,13-14-8-10-16(23)11-9-14)22-28(26,27)17-7-3-5-15-6-4-12-21-18(15)17/h3-12,22-23H,2,13H2,1H3,(H,24,25). The third kappa shape index (κ3) is 3.83. The number of benzene rings is 2. The number of hydrogen-bond donors (Lipinski definition) is 3. The quantitative estimate of drug-likeness (QED) is 0.561. The monoisotopic (exact) mass is 400 g/mol. The maximum atomic E-state index is 13.1. The van der Waals surface area contributed by atoms with E-state index in [0.29, 0.717) is 10.9 Å². The summed E-state index contributed by atoms with van der Waals surface area (Å²) in [7, 11) is -4.17. The Labute approximate surface area is 162 Å². The van der Waals surface area contributed by atoms with Crippen LogP contribution in [0.15, 0.2) is 65.7 Å². The number of pyridine rings is 1. The highest BCUT2D eigenvalue weighted by Crippen LogP contribution is 2.26. The van der Waals surface area contributed by atoms with Crippen molar-refractivity contribution in [3.8, 4) is 5.75 Å². The molecular weight excluding hydrogens is 380 g/mol. The van der Waals surface area contributed by atoms with Crippen LogP contribution in [0.5, 0.6) is 5.75 Å². The van der Waals surface area contributed by atoms with Crippen molar-refractivity contribution in [3.05, 3.63) is 66.4 Å². The summed E-state index contributed by atoms with van der Waals surface area (Å²) in [6.07, 6.45) is 1.44. The molecule has 1 atom stereocenters. The Morgan fingerprint density at radius 2 is 1.79 bits per heavy atom. The van der Waals surface area contributed by atoms with Crippen LogP contribution >= 0.6 is 0 Å². The lowest BCUT2D eigenvalue weighted by Crippen LogP contribution is -2.55. The molecule has 0 saturated heterocycles. The molecule has 7 nitrogen and oxygen atoms in total. The first-order valence-corrected chi connectivity index (χ1v) is 10.1. The molecule has 0 saturated carbocycles. The van der Waals surface area contributed by atoms with Crippen LogP contribution < -0.4 is 4.72 Å². The number of carboxylic acid groups (broad SMARTS) is 1. The number of para-hydroxylation sites is 1. The van der Waals surface area contributed by atoms with E-state index in [0.717, 1.165) is 0 Å². The highest BCUT2D eigenvalue weighted by Gasteiger charge is 2.41. The van der Waals surface area contributed by atoms with Gasteiger partial charge in [0.1, 0.15) is 16.2 Å². The summed E-state index contributed by atoms with van der Waals surface area (Å²) >= 11 is 0. The number of nitrogens with zero attached hydrogens (tertiary/aromatic N) is 1. The average molecular weight is 400 g/mol. The maximum absolute atomic E-state index is 13.1. The lowest BCUT2D eigenvalue weighted by molar-refractivity contribution is -0.144. The Bertz CT molecular complexity index is 1110. The minimum Gasteiger partial charge on any atom is -0.508 e. The van der Waals surface area contributed by atoms with Gasteiger partial charge in [0, 0.05) is 18.0 Å². The zero-order chi connectivity index (χ0) is 20.4. The first-order chi connectivity index (χ1) is 13.3. The van der Waals surface area contributed by atoms with Crippen LogP contribution in [0.2, 0.25) is 0 Å². The van der Waals surface area contributed by atoms with Gasteiger partial charge in [-0.2, -0.15) is 4.72 Å². The number of hydrogen-bond acceptors (Lipinski definition) is 5. The SMILES string of the molecule is CCC(Cc1ccc(O)cc1)(NS(=O)(=O)c1cccc2cccnc12)C(=O)O. The van der Waals surface area contributed by atoms with Gasteiger partial charge in [-0.3, -0.25) is 9.78 Å². The van der Waals surface area contributed by atoms with Crippen molar-refractivity contribution >= 4 is 26.9 Å². The second kappa shape index (κ2) is 7.57. The van der Waals surface area contributed by atoms with Gasteiger partial charge in [-0.1, -0.05) is 37.3 Å². The lowest BCUT2D eigenvalue weighted by atomic mass is 9.89. The van der Waals surface area contributed by atoms with Gasteiger partial charge in [-0.05, 0) is 36.2 Å². The summed E-state index contributed by atoms with van der Waals surface area (Å²) in [5.41, 5.74) is -0.884. The van der Waals surface area contributed by atoms with Crippen molar-refractivity contribution in [3.63, 3.8) is 0 Å². The Morgan fingerprint density at radius 3 is 2.43 bits per heavy atom. The van der Waals surface area contributed by atoms with Gasteiger partial charge >= 0.3 is 5.97 Å². The van der Waals surface area contributed by atoms with E-state index in [1.165, 1.54) is 24.4 Å². The van der Waals surface area contributed by atoms with Crippen LogP contribution in [0.25, 0.3) is 10.9 Å². The Morgan fingerprint density at radius 1 is 1.11 bits per heavy atom. The van der Waals surface area contributed by atoms with Crippen molar-refractivity contribution in [2.75, 3.05) is 0 Å². The van der Waals surface area contributed by atoms with Crippen LogP contribution in [-0.4, -0.2) is 35.1 Å². The molecular formula is C20H20N2O5S. The number of carboxylic acids is 1. The molecule has 0 amide bonds. The summed E-state index contributed by atoms with van der Waals surface area (Å²) in [6, 6.07) is 14.2. The van der Waals surface area contributed by atoms with Crippen LogP contribution in [0.3, 0.4) is 0 Å². The molecule has 1 heterocycles. The third-order valence-corrected chi connectivity index (χ3v) is 6.24. The maximum Gasteiger partial charge on any atom is 0.325 e. The fourth-order valence-electron chi connectivity index (χ4n) is 3.07. The van der Waals surface area contributed by atoms with Crippen molar-refractivity contribution < 1.29 is 23.4 Å². The van der Waals surface area contributed by atoms with Crippen molar-refractivity contribution in [1.82, 2.24) is 9.71 Å². The largest absolute Gasteiger partial charge is 0.508 e. The van der Waals surface area contributed by atoms with Gasteiger partial charge in [0.2, 0.25) is 10.0 Å². The van der Waals surface area contributed by atoms with Crippen molar-refractivity contribution in [2.24, 2.45) is 0 Å². The zero-order valence-corrected chi connectivity index (χ0v) is 16.0. The van der Waals surface area contributed by atoms with Gasteiger partial charge < -0.3 is 10.2 Å². The number of fused-ring (bicyclic) bond motifs is 1. The predicted octanol–water partition coefficient (Wildman–Crippen LogP) is 2.69. The van der Waals surface area contributed by atoms with E-state index >= 15 is 0 Å². The normalized spacial score (nSPS) is 13.9. The van der Waals surface area contributed by atoms with Crippen molar-refractivity contribution in [1.29, 1.82) is 0 Å². The fourth-order valence-corrected chi connectivity index (χ4v) is 4.68. The summed E-state index contributed by atoms with van der Waals surface area (Å²) in [5.74, 6) is -1.23. The summed E-state index contributed by atoms with van der Waals surface area (Å²) < 4.78 is 28.6. The van der Waals surface area contributed by atoms with Gasteiger partial charge in [0.25, 0.3) is 0 Å². The molecule has 0 aliphatic rings. The number of phenols is 1. The molecule has 28 heavy (non-hydrogen) atoms. The summed E-state index contributed by atoms with van der Waals surface area (Å²) in [6.45, 7) is 1.61. The molecule has 3 N–H and O–H groups in total. The van der Waals surface area contributed by atoms with E-state index in [1.807, 2.05) is 0 Å². The van der Waals surface area contributed by atoms with Crippen LogP contribution in [0.4, 0.5) is 0 Å². The number of aromatic nitrogens is 1. The molecule has 1 aromatic heterocycles. The van der Waals surface area contributed by atoms with E-state index < -0.39 is 21.5 Å². The molecule has 0 spiro atoms. The third-order valence-electron chi connectivity index (χ3n) is 4.67. The number of aliphatic carboxylic acids is 1. The fraction of sp³-hybridized carbons (Fsp3) is 0.200. The summed E-state index contributed by atoms with van der Waals surface area (Å²) in [4.78, 5) is 16.2. The molecule has 2 aromatic carbocycles. The van der Waals surface area contributed by atoms with Crippen LogP contribution in [0.1, 0.15) is 18.9 Å². The number of carbonyl (C=O) groups is 1. The zero-order valence-electron chi connectivity index (χ0n) is 15.2. The molecule has 0 radical (unpaired) electrons. The van der Waals surface area contributed by atoms with Gasteiger partial charge in [0.05, 0.1) is 5.52 Å². The number of rotatable bonds is 7. The molecule has 0 bridgehead atoms. The molecule has 0 aliphatic carbocycles. The van der Waals surface area contributed by atoms with Gasteiger partial charge in [-0.25, -0.2) is 8.42 Å². The highest BCUT2D eigenvalue weighted by atomic mass is 32.2. The lowest BCUT2D eigenvalue weighted by Gasteiger charge is -2.29. The van der Waals surface area contributed by atoms with E-state index in [9.17, 15) is 23.4 Å². The number of nitrogens with one attached hydrogen (secondary N) is 1. The number of aromatic hydroxyl groups is 1. The average Bonchev–Trinajstić information content (AvgIpc) is 2.68. The van der Waals surface area contributed by atoms with Crippen LogP contribution in [0, 0.1) is 0 Å². The number of phenolic OH excluding ortho intramolecular Hbond substituents is 1. The minimum absolute atomic E-state index is 0.0284. The first kappa shape index (κ1) is 19.8. The van der Waals surface area contributed by atoms with Gasteiger partial charge in [-0.15, -0.1) is 0 Å². The molecule has 3 rings (SSSR count). The Hall–Kier alpha value is -2.97. The molecule has 0 aliphatic heterocycles. The topological polar surface area (TPSA) is 117 Å². The molecule has 3 aromatic rings. The van der Waals surface area contributed by atoms with E-state index in [1.54, 1.807) is 43.3 Å². The minimum atomic E-state index is -4.17. The van der Waals surface area contributed by atoms with Crippen molar-refractivity contribution in [2.45, 2.75) is 30.2 Å². The molecule has 8 heteroatoms. The molecule has 1 unspecified atom stereocenters. The molecule has 146 valence electrons. The Kier molecular flexibility index (Phi) is 5.35. The number of sulfonamides is 1. The van der Waals surface area contributed by atoms with E-state index in [-0.39, 0.29) is 29.0 Å². The Balaban J connectivity index is 2.04. The first-order valence-electron chi connectivity index (χ1n) is 8.66. The predicted molar refractivity (Wildman–Crippen MR) is 105 cm³/mol. The van der Waals surface area contributed by atoms with Gasteiger partial charge in [0.15, 0.2) is 0 Å². The highest BCUT2D eigenvalue weighted by molar-refractivity contribution is 7.89. The second-order valence-corrected chi connectivity index (χ2v) is 8.17. The molecule has 0 fully saturated rings. The second-order valence-electron chi connectivity index (χ2n) is 6.52. The summed E-state index contributed by atoms with van der Waals surface area (Å²) in [5, 5.41) is 19.9.